The number of nitrogens with zero attached hydrogens (tertiary/aromatic N) is 1. The Bertz CT molecular complexity index is 353. The van der Waals surface area contributed by atoms with Crippen molar-refractivity contribution < 1.29 is 9.90 Å². The maximum Gasteiger partial charge on any atom is 0.323 e. The fourth-order valence-electron chi connectivity index (χ4n) is 4.27. The van der Waals surface area contributed by atoms with Gasteiger partial charge in [-0.05, 0) is 51.1 Å². The number of rotatable bonds is 7. The molecule has 1 aliphatic heterocycles. The van der Waals surface area contributed by atoms with Crippen LogP contribution in [0.15, 0.2) is 0 Å². The number of likely N-dealkylation sites (tertiary alicyclic amines) is 1. The molecule has 2 aliphatic rings. The van der Waals surface area contributed by atoms with Gasteiger partial charge in [0.05, 0.1) is 7.85 Å². The molecule has 1 heterocycles. The molecule has 5 heteroatoms. The normalized spacial score (nSPS) is 25.0. The Morgan fingerprint density at radius 1 is 1.14 bits per heavy atom. The number of carboxylic acid groups (broad SMARTS) is 1. The van der Waals surface area contributed by atoms with Crippen LogP contribution in [0.5, 0.6) is 0 Å². The van der Waals surface area contributed by atoms with E-state index in [4.69, 9.17) is 13.6 Å². The van der Waals surface area contributed by atoms with Crippen molar-refractivity contribution in [3.8, 4) is 0 Å². The van der Waals surface area contributed by atoms with Gasteiger partial charge in [-0.1, -0.05) is 38.4 Å². The molecule has 0 aromatic rings. The fourth-order valence-corrected chi connectivity index (χ4v) is 4.27. The van der Waals surface area contributed by atoms with E-state index in [1.54, 1.807) is 0 Å². The average molecular weight is 306 g/mol. The molecule has 1 atom stereocenters. The lowest BCUT2D eigenvalue weighted by Gasteiger charge is -2.43. The zero-order valence-electron chi connectivity index (χ0n) is 13.8. The van der Waals surface area contributed by atoms with E-state index in [9.17, 15) is 9.90 Å². The van der Waals surface area contributed by atoms with Gasteiger partial charge in [0.25, 0.3) is 0 Å². The van der Waals surface area contributed by atoms with Gasteiger partial charge in [-0.2, -0.15) is 0 Å². The lowest BCUT2D eigenvalue weighted by molar-refractivity contribution is -0.147. The zero-order valence-corrected chi connectivity index (χ0v) is 13.8. The number of aliphatic carboxylic acids is 1. The second-order valence-corrected chi connectivity index (χ2v) is 7.19. The van der Waals surface area contributed by atoms with Crippen LogP contribution in [0.4, 0.5) is 0 Å². The molecule has 3 N–H and O–H groups in total. The minimum atomic E-state index is -1.06. The van der Waals surface area contributed by atoms with Crippen LogP contribution in [0, 0.1) is 5.92 Å². The molecule has 0 aromatic carbocycles. The molecular formula is C17H31BN2O2. The van der Waals surface area contributed by atoms with E-state index in [0.29, 0.717) is 12.7 Å². The molecule has 124 valence electrons. The van der Waals surface area contributed by atoms with Crippen molar-refractivity contribution in [2.45, 2.75) is 82.1 Å². The van der Waals surface area contributed by atoms with Crippen molar-refractivity contribution in [1.82, 2.24) is 4.90 Å². The maximum absolute atomic E-state index is 11.7. The van der Waals surface area contributed by atoms with E-state index < -0.39 is 11.5 Å². The molecule has 0 spiro atoms. The molecule has 22 heavy (non-hydrogen) atoms. The summed E-state index contributed by atoms with van der Waals surface area (Å²) >= 11 is 0. The number of carboxylic acids is 1. The van der Waals surface area contributed by atoms with Gasteiger partial charge in [0.1, 0.15) is 5.54 Å². The summed E-state index contributed by atoms with van der Waals surface area (Å²) in [5, 5.41) is 9.63. The third-order valence-electron chi connectivity index (χ3n) is 5.79. The van der Waals surface area contributed by atoms with Crippen molar-refractivity contribution >= 4 is 13.8 Å². The summed E-state index contributed by atoms with van der Waals surface area (Å²) in [5.41, 5.74) is 5.26. The second kappa shape index (κ2) is 8.35. The minimum absolute atomic E-state index is 0.0996. The first kappa shape index (κ1) is 17.8. The van der Waals surface area contributed by atoms with Gasteiger partial charge in [-0.15, -0.1) is 0 Å². The van der Waals surface area contributed by atoms with Crippen molar-refractivity contribution in [2.24, 2.45) is 11.7 Å². The topological polar surface area (TPSA) is 66.6 Å². The summed E-state index contributed by atoms with van der Waals surface area (Å²) in [7, 11) is 5.52. The lowest BCUT2D eigenvalue weighted by atomic mass is 9.74. The van der Waals surface area contributed by atoms with Crippen LogP contribution in [-0.2, 0) is 4.79 Å². The summed E-state index contributed by atoms with van der Waals surface area (Å²) in [4.78, 5) is 14.3. The highest BCUT2D eigenvalue weighted by molar-refractivity contribution is 6.08. The van der Waals surface area contributed by atoms with E-state index in [1.807, 2.05) is 0 Å². The largest absolute Gasteiger partial charge is 0.480 e. The molecule has 2 radical (unpaired) electrons. The Balaban J connectivity index is 1.88. The van der Waals surface area contributed by atoms with Crippen LogP contribution in [0.3, 0.4) is 0 Å². The van der Waals surface area contributed by atoms with Crippen molar-refractivity contribution in [1.29, 1.82) is 0 Å². The van der Waals surface area contributed by atoms with Gasteiger partial charge < -0.3 is 15.7 Å². The highest BCUT2D eigenvalue weighted by Crippen LogP contribution is 2.33. The Hall–Kier alpha value is -0.545. The van der Waals surface area contributed by atoms with Gasteiger partial charge in [-0.25, -0.2) is 0 Å². The molecule has 2 rings (SSSR count). The van der Waals surface area contributed by atoms with Crippen molar-refractivity contribution in [3.63, 3.8) is 0 Å². The Kier molecular flexibility index (Phi) is 6.75. The van der Waals surface area contributed by atoms with E-state index in [0.717, 1.165) is 44.8 Å². The first-order valence-electron chi connectivity index (χ1n) is 9.04. The molecule has 4 nitrogen and oxygen atoms in total. The summed E-state index contributed by atoms with van der Waals surface area (Å²) in [6.07, 6.45) is 11.3. The summed E-state index contributed by atoms with van der Waals surface area (Å²) < 4.78 is 0. The number of unbranched alkanes of at least 4 members (excludes halogenated alkanes) is 1. The Labute approximate surface area is 136 Å². The van der Waals surface area contributed by atoms with Crippen LogP contribution < -0.4 is 5.73 Å². The third kappa shape index (κ3) is 4.26. The highest BCUT2D eigenvalue weighted by Gasteiger charge is 2.43. The van der Waals surface area contributed by atoms with Crippen molar-refractivity contribution in [2.75, 3.05) is 13.1 Å². The maximum atomic E-state index is 11.7. The van der Waals surface area contributed by atoms with Crippen LogP contribution in [0.1, 0.15) is 64.2 Å². The number of hydrogen-bond acceptors (Lipinski definition) is 3. The van der Waals surface area contributed by atoms with Crippen LogP contribution in [-0.4, -0.2) is 48.5 Å². The summed E-state index contributed by atoms with van der Waals surface area (Å²) in [5.74, 6) is -0.733. The smallest absolute Gasteiger partial charge is 0.323 e. The van der Waals surface area contributed by atoms with E-state index >= 15 is 0 Å². The monoisotopic (exact) mass is 306 g/mol. The lowest BCUT2D eigenvalue weighted by Crippen LogP contribution is -2.57. The van der Waals surface area contributed by atoms with Gasteiger partial charge >= 0.3 is 5.97 Å². The third-order valence-corrected chi connectivity index (χ3v) is 5.79. The van der Waals surface area contributed by atoms with Crippen LogP contribution in [0.2, 0.25) is 6.32 Å². The molecule has 0 aromatic heterocycles. The van der Waals surface area contributed by atoms with Gasteiger partial charge in [0, 0.05) is 6.04 Å². The molecule has 1 aliphatic carbocycles. The fraction of sp³-hybridized carbons (Fsp3) is 0.941. The molecule has 2 fully saturated rings. The molecule has 0 bridgehead atoms. The number of piperidine rings is 1. The molecule has 1 saturated heterocycles. The SMILES string of the molecule is [B]CCCC[C@](N)(C(=O)O)C1CCN(C2CCCCC2)CC1. The van der Waals surface area contributed by atoms with Crippen LogP contribution in [0.25, 0.3) is 0 Å². The van der Waals surface area contributed by atoms with E-state index in [2.05, 4.69) is 4.90 Å². The van der Waals surface area contributed by atoms with Crippen molar-refractivity contribution in [3.05, 3.63) is 0 Å². The van der Waals surface area contributed by atoms with Crippen LogP contribution >= 0.6 is 0 Å². The minimum Gasteiger partial charge on any atom is -0.480 e. The molecule has 1 saturated carbocycles. The number of carbonyl (C=O) groups is 1. The Morgan fingerprint density at radius 2 is 1.77 bits per heavy atom. The first-order chi connectivity index (χ1) is 10.6. The quantitative estimate of drug-likeness (QED) is 0.560. The number of nitrogens with two attached hydrogens (primary N) is 1. The zero-order chi connectivity index (χ0) is 16.0. The Morgan fingerprint density at radius 3 is 2.32 bits per heavy atom. The van der Waals surface area contributed by atoms with Gasteiger partial charge in [0.2, 0.25) is 0 Å². The van der Waals surface area contributed by atoms with Gasteiger partial charge in [0.15, 0.2) is 0 Å². The van der Waals surface area contributed by atoms with Gasteiger partial charge in [-0.3, -0.25) is 4.79 Å². The predicted molar refractivity (Wildman–Crippen MR) is 90.1 cm³/mol. The highest BCUT2D eigenvalue weighted by atomic mass is 16.4. The first-order valence-corrected chi connectivity index (χ1v) is 9.04. The average Bonchev–Trinajstić information content (AvgIpc) is 2.56. The number of hydrogen-bond donors (Lipinski definition) is 2. The molecular weight excluding hydrogens is 275 g/mol. The molecule has 0 unspecified atom stereocenters. The second-order valence-electron chi connectivity index (χ2n) is 7.19. The standard InChI is InChI=1S/C17H31BN2O2/c18-11-5-4-10-17(19,16(21)22)14-8-12-20(13-9-14)15-6-2-1-3-7-15/h14-15H,1-13,19H2,(H,21,22)/t17-/m1/s1. The van der Waals surface area contributed by atoms with E-state index in [1.165, 1.54) is 32.1 Å². The predicted octanol–water partition coefficient (Wildman–Crippen LogP) is 2.57. The summed E-state index contributed by atoms with van der Waals surface area (Å²) in [6, 6.07) is 0.726. The summed E-state index contributed by atoms with van der Waals surface area (Å²) in [6.45, 7) is 2.02. The van der Waals surface area contributed by atoms with E-state index in [-0.39, 0.29) is 5.92 Å². The molecule has 0 amide bonds.